The Hall–Kier alpha value is -2.86. The predicted octanol–water partition coefficient (Wildman–Crippen LogP) is 3.43. The Morgan fingerprint density at radius 2 is 1.91 bits per heavy atom. The highest BCUT2D eigenvalue weighted by Crippen LogP contribution is 2.29. The highest BCUT2D eigenvalue weighted by molar-refractivity contribution is 6.01. The number of nitrogens with one attached hydrogen (secondary N) is 1. The monoisotopic (exact) mass is 435 g/mol. The second-order valence-electron chi connectivity index (χ2n) is 8.97. The topological polar surface area (TPSA) is 61.9 Å². The number of hydrogen-bond donors (Lipinski definition) is 1. The number of benzene rings is 2. The van der Waals surface area contributed by atoms with Gasteiger partial charge in [-0.15, -0.1) is 0 Å². The van der Waals surface area contributed by atoms with Crippen molar-refractivity contribution in [3.8, 4) is 5.75 Å². The minimum Gasteiger partial charge on any atom is -0.497 e. The van der Waals surface area contributed by atoms with Gasteiger partial charge in [-0.2, -0.15) is 0 Å². The van der Waals surface area contributed by atoms with Gasteiger partial charge in [0.15, 0.2) is 0 Å². The van der Waals surface area contributed by atoms with E-state index in [1.165, 1.54) is 42.6 Å². The van der Waals surface area contributed by atoms with Crippen molar-refractivity contribution in [2.24, 2.45) is 0 Å². The van der Waals surface area contributed by atoms with Crippen LogP contribution in [0.1, 0.15) is 47.9 Å². The summed E-state index contributed by atoms with van der Waals surface area (Å²) in [5, 5.41) is 2.78. The molecule has 2 heterocycles. The van der Waals surface area contributed by atoms with Gasteiger partial charge in [0, 0.05) is 26.1 Å². The first-order valence-electron chi connectivity index (χ1n) is 11.5. The number of nitrogens with zero attached hydrogens (tertiary/aromatic N) is 2. The zero-order valence-electron chi connectivity index (χ0n) is 19.3. The van der Waals surface area contributed by atoms with Gasteiger partial charge >= 0.3 is 0 Å². The van der Waals surface area contributed by atoms with Crippen molar-refractivity contribution < 1.29 is 14.3 Å². The van der Waals surface area contributed by atoms with Gasteiger partial charge in [0.1, 0.15) is 11.8 Å². The van der Waals surface area contributed by atoms with Crippen LogP contribution in [0.5, 0.6) is 5.75 Å². The lowest BCUT2D eigenvalue weighted by Gasteiger charge is -2.24. The third kappa shape index (κ3) is 4.96. The molecule has 2 aromatic carbocycles. The predicted molar refractivity (Wildman–Crippen MR) is 126 cm³/mol. The van der Waals surface area contributed by atoms with E-state index in [2.05, 4.69) is 35.3 Å². The first-order valence-corrected chi connectivity index (χ1v) is 11.5. The minimum absolute atomic E-state index is 0.0629. The van der Waals surface area contributed by atoms with Crippen LogP contribution in [0.2, 0.25) is 0 Å². The van der Waals surface area contributed by atoms with E-state index in [0.29, 0.717) is 18.6 Å². The number of likely N-dealkylation sites (N-methyl/N-ethyl adjacent to an activating group) is 1. The largest absolute Gasteiger partial charge is 0.497 e. The van der Waals surface area contributed by atoms with Crippen LogP contribution >= 0.6 is 0 Å². The van der Waals surface area contributed by atoms with E-state index in [9.17, 15) is 9.59 Å². The Balaban J connectivity index is 1.54. The maximum absolute atomic E-state index is 13.0. The summed E-state index contributed by atoms with van der Waals surface area (Å²) >= 11 is 0. The van der Waals surface area contributed by atoms with Crippen LogP contribution in [0.4, 0.5) is 5.69 Å². The van der Waals surface area contributed by atoms with Crippen LogP contribution in [0, 0.1) is 6.92 Å². The standard InChI is InChI=1S/C26H33N3O3/c1-18-14-19(6-7-21(18)17-29-12-4-5-13-29)15-20-8-9-22(32-3)16-24(20)28(2)26(31)23-10-11-25(30)27-23/h6-9,14,16,23H,4-5,10-13,15,17H2,1-3H3,(H,27,30). The zero-order valence-corrected chi connectivity index (χ0v) is 19.3. The second kappa shape index (κ2) is 9.74. The molecule has 170 valence electrons. The average Bonchev–Trinajstić information content (AvgIpc) is 3.46. The summed E-state index contributed by atoms with van der Waals surface area (Å²) in [4.78, 5) is 28.8. The highest BCUT2D eigenvalue weighted by Gasteiger charge is 2.30. The summed E-state index contributed by atoms with van der Waals surface area (Å²) in [6.45, 7) is 5.59. The van der Waals surface area contributed by atoms with Crippen LogP contribution in [0.15, 0.2) is 36.4 Å². The third-order valence-corrected chi connectivity index (χ3v) is 6.67. The van der Waals surface area contributed by atoms with Crippen LogP contribution in [-0.2, 0) is 22.6 Å². The van der Waals surface area contributed by atoms with Crippen molar-refractivity contribution in [3.05, 3.63) is 58.7 Å². The van der Waals surface area contributed by atoms with Gasteiger partial charge < -0.3 is 15.0 Å². The summed E-state index contributed by atoms with van der Waals surface area (Å²) in [5.74, 6) is 0.547. The van der Waals surface area contributed by atoms with Crippen molar-refractivity contribution >= 4 is 17.5 Å². The number of hydrogen-bond acceptors (Lipinski definition) is 4. The Kier molecular flexibility index (Phi) is 6.80. The van der Waals surface area contributed by atoms with Crippen LogP contribution < -0.4 is 15.0 Å². The van der Waals surface area contributed by atoms with Gasteiger partial charge in [-0.1, -0.05) is 24.3 Å². The van der Waals surface area contributed by atoms with Crippen molar-refractivity contribution in [3.63, 3.8) is 0 Å². The van der Waals surface area contributed by atoms with E-state index in [1.54, 1.807) is 19.1 Å². The normalized spacial score (nSPS) is 18.6. The molecular weight excluding hydrogens is 402 g/mol. The van der Waals surface area contributed by atoms with Gasteiger partial charge in [0.25, 0.3) is 0 Å². The Labute approximate surface area is 190 Å². The molecule has 2 saturated heterocycles. The lowest BCUT2D eigenvalue weighted by molar-refractivity contribution is -0.123. The number of rotatable bonds is 7. The smallest absolute Gasteiger partial charge is 0.249 e. The molecule has 1 atom stereocenters. The lowest BCUT2D eigenvalue weighted by atomic mass is 9.98. The fourth-order valence-corrected chi connectivity index (χ4v) is 4.73. The minimum atomic E-state index is -0.460. The molecule has 1 N–H and O–H groups in total. The fourth-order valence-electron chi connectivity index (χ4n) is 4.73. The maximum Gasteiger partial charge on any atom is 0.249 e. The highest BCUT2D eigenvalue weighted by atomic mass is 16.5. The molecule has 2 aliphatic rings. The molecule has 0 aliphatic carbocycles. The van der Waals surface area contributed by atoms with Gasteiger partial charge in [0.05, 0.1) is 12.8 Å². The van der Waals surface area contributed by atoms with Gasteiger partial charge in [-0.3, -0.25) is 14.5 Å². The van der Waals surface area contributed by atoms with Gasteiger partial charge in [-0.05, 0) is 74.0 Å². The van der Waals surface area contributed by atoms with Crippen LogP contribution in [0.25, 0.3) is 0 Å². The van der Waals surface area contributed by atoms with Crippen molar-refractivity contribution in [1.82, 2.24) is 10.2 Å². The first kappa shape index (κ1) is 22.3. The molecule has 2 aliphatic heterocycles. The molecule has 0 bridgehead atoms. The number of methoxy groups -OCH3 is 1. The molecule has 0 saturated carbocycles. The molecule has 0 aromatic heterocycles. The molecule has 0 spiro atoms. The second-order valence-corrected chi connectivity index (χ2v) is 8.97. The molecule has 0 radical (unpaired) electrons. The Morgan fingerprint density at radius 1 is 1.16 bits per heavy atom. The number of carbonyl (C=O) groups is 2. The van der Waals surface area contributed by atoms with E-state index in [-0.39, 0.29) is 11.8 Å². The fraction of sp³-hybridized carbons (Fsp3) is 0.462. The molecule has 4 rings (SSSR count). The number of carbonyl (C=O) groups excluding carboxylic acids is 2. The Bertz CT molecular complexity index is 998. The molecule has 6 heteroatoms. The van der Waals surface area contributed by atoms with Crippen LogP contribution in [-0.4, -0.2) is 50.0 Å². The number of likely N-dealkylation sites (tertiary alicyclic amines) is 1. The summed E-state index contributed by atoms with van der Waals surface area (Å²) in [5.41, 5.74) is 5.78. The van der Waals surface area contributed by atoms with E-state index in [4.69, 9.17) is 4.74 Å². The van der Waals surface area contributed by atoms with Gasteiger partial charge in [-0.25, -0.2) is 0 Å². The molecule has 32 heavy (non-hydrogen) atoms. The van der Waals surface area contributed by atoms with Crippen LogP contribution in [0.3, 0.4) is 0 Å². The third-order valence-electron chi connectivity index (χ3n) is 6.67. The van der Waals surface area contributed by atoms with E-state index < -0.39 is 6.04 Å². The maximum atomic E-state index is 13.0. The van der Waals surface area contributed by atoms with E-state index >= 15 is 0 Å². The number of aryl methyl sites for hydroxylation is 1. The van der Waals surface area contributed by atoms with Crippen molar-refractivity contribution in [1.29, 1.82) is 0 Å². The van der Waals surface area contributed by atoms with Gasteiger partial charge in [0.2, 0.25) is 11.8 Å². The quantitative estimate of drug-likeness (QED) is 0.724. The van der Waals surface area contributed by atoms with E-state index in [1.807, 2.05) is 18.2 Å². The summed E-state index contributed by atoms with van der Waals surface area (Å²) in [6.07, 6.45) is 4.26. The van der Waals surface area contributed by atoms with E-state index in [0.717, 1.165) is 24.2 Å². The number of amides is 2. The summed E-state index contributed by atoms with van der Waals surface area (Å²) in [6, 6.07) is 12.1. The molecule has 2 aromatic rings. The Morgan fingerprint density at radius 3 is 2.56 bits per heavy atom. The van der Waals surface area contributed by atoms with Crippen molar-refractivity contribution in [2.75, 3.05) is 32.1 Å². The molecular formula is C26H33N3O3. The molecule has 6 nitrogen and oxygen atoms in total. The average molecular weight is 436 g/mol. The first-order chi connectivity index (χ1) is 15.4. The number of anilines is 1. The van der Waals surface area contributed by atoms with Crippen molar-refractivity contribution in [2.45, 2.75) is 51.6 Å². The number of ether oxygens (including phenoxy) is 1. The lowest BCUT2D eigenvalue weighted by Crippen LogP contribution is -2.43. The zero-order chi connectivity index (χ0) is 22.7. The molecule has 2 fully saturated rings. The summed E-state index contributed by atoms with van der Waals surface area (Å²) < 4.78 is 5.42. The molecule has 1 unspecified atom stereocenters. The SMILES string of the molecule is COc1ccc(Cc2ccc(CN3CCCC3)c(C)c2)c(N(C)C(=O)C2CCC(=O)N2)c1. The molecule has 2 amide bonds. The summed E-state index contributed by atoms with van der Waals surface area (Å²) in [7, 11) is 3.40.